The van der Waals surface area contributed by atoms with E-state index in [1.807, 2.05) is 0 Å². The molecule has 19 heavy (non-hydrogen) atoms. The summed E-state index contributed by atoms with van der Waals surface area (Å²) >= 11 is 0. The SMILES string of the molecule is Cc1ccc(CCC2(CC(=O)O)CCCCC2)cc1. The van der Waals surface area contributed by atoms with Crippen LogP contribution in [0.5, 0.6) is 0 Å². The highest BCUT2D eigenvalue weighted by atomic mass is 16.4. The van der Waals surface area contributed by atoms with Crippen molar-refractivity contribution in [1.29, 1.82) is 0 Å². The van der Waals surface area contributed by atoms with Crippen LogP contribution in [0.4, 0.5) is 0 Å². The van der Waals surface area contributed by atoms with E-state index in [1.54, 1.807) is 0 Å². The minimum Gasteiger partial charge on any atom is -0.481 e. The Morgan fingerprint density at radius 2 is 1.79 bits per heavy atom. The van der Waals surface area contributed by atoms with Gasteiger partial charge in [-0.2, -0.15) is 0 Å². The van der Waals surface area contributed by atoms with Crippen LogP contribution in [0.2, 0.25) is 0 Å². The molecular weight excluding hydrogens is 236 g/mol. The second kappa shape index (κ2) is 6.23. The minimum atomic E-state index is -0.634. The molecule has 0 atom stereocenters. The van der Waals surface area contributed by atoms with E-state index in [9.17, 15) is 4.79 Å². The predicted octanol–water partition coefficient (Wildman–Crippen LogP) is 4.35. The minimum absolute atomic E-state index is 0.0506. The number of aliphatic carboxylic acids is 1. The second-order valence-electron chi connectivity index (χ2n) is 6.12. The fourth-order valence-corrected chi connectivity index (χ4v) is 3.30. The second-order valence-corrected chi connectivity index (χ2v) is 6.12. The molecule has 0 unspecified atom stereocenters. The van der Waals surface area contributed by atoms with E-state index in [0.29, 0.717) is 6.42 Å². The van der Waals surface area contributed by atoms with Crippen LogP contribution in [0.15, 0.2) is 24.3 Å². The van der Waals surface area contributed by atoms with Gasteiger partial charge in [0.15, 0.2) is 0 Å². The van der Waals surface area contributed by atoms with Crippen molar-refractivity contribution in [3.05, 3.63) is 35.4 Å². The first kappa shape index (κ1) is 14.1. The maximum absolute atomic E-state index is 11.1. The average Bonchev–Trinajstić information content (AvgIpc) is 2.38. The number of aryl methyl sites for hydroxylation is 2. The first-order chi connectivity index (χ1) is 9.10. The fraction of sp³-hybridized carbons (Fsp3) is 0.588. The lowest BCUT2D eigenvalue weighted by atomic mass is 9.68. The molecular formula is C17H24O2. The van der Waals surface area contributed by atoms with Crippen LogP contribution in [0.25, 0.3) is 0 Å². The first-order valence-electron chi connectivity index (χ1n) is 7.37. The maximum Gasteiger partial charge on any atom is 0.303 e. The zero-order chi connectivity index (χ0) is 13.7. The molecule has 2 nitrogen and oxygen atoms in total. The van der Waals surface area contributed by atoms with Crippen molar-refractivity contribution in [1.82, 2.24) is 0 Å². The molecule has 0 radical (unpaired) electrons. The molecule has 2 rings (SSSR count). The molecule has 1 aliphatic rings. The summed E-state index contributed by atoms with van der Waals surface area (Å²) in [5, 5.41) is 9.16. The third kappa shape index (κ3) is 4.09. The topological polar surface area (TPSA) is 37.3 Å². The van der Waals surface area contributed by atoms with Gasteiger partial charge in [0.25, 0.3) is 0 Å². The first-order valence-corrected chi connectivity index (χ1v) is 7.37. The third-order valence-electron chi connectivity index (χ3n) is 4.51. The lowest BCUT2D eigenvalue weighted by Gasteiger charge is -2.36. The molecule has 0 bridgehead atoms. The number of carboxylic acid groups (broad SMARTS) is 1. The third-order valence-corrected chi connectivity index (χ3v) is 4.51. The van der Waals surface area contributed by atoms with E-state index in [2.05, 4.69) is 31.2 Å². The molecule has 0 aromatic heterocycles. The Morgan fingerprint density at radius 3 is 2.37 bits per heavy atom. The molecule has 1 aromatic carbocycles. The quantitative estimate of drug-likeness (QED) is 0.854. The van der Waals surface area contributed by atoms with Crippen molar-refractivity contribution in [3.63, 3.8) is 0 Å². The summed E-state index contributed by atoms with van der Waals surface area (Å²) in [4.78, 5) is 11.1. The van der Waals surface area contributed by atoms with E-state index in [4.69, 9.17) is 5.11 Å². The Kier molecular flexibility index (Phi) is 4.62. The Labute approximate surface area is 115 Å². The van der Waals surface area contributed by atoms with Gasteiger partial charge in [0.05, 0.1) is 6.42 Å². The summed E-state index contributed by atoms with van der Waals surface area (Å²) < 4.78 is 0. The van der Waals surface area contributed by atoms with Gasteiger partial charge in [-0.1, -0.05) is 49.1 Å². The molecule has 1 N–H and O–H groups in total. The molecule has 2 heteroatoms. The summed E-state index contributed by atoms with van der Waals surface area (Å²) in [7, 11) is 0. The van der Waals surface area contributed by atoms with E-state index >= 15 is 0 Å². The molecule has 0 heterocycles. The summed E-state index contributed by atoms with van der Waals surface area (Å²) in [6.07, 6.45) is 8.21. The van der Waals surface area contributed by atoms with Gasteiger partial charge in [-0.05, 0) is 43.6 Å². The van der Waals surface area contributed by atoms with Crippen LogP contribution >= 0.6 is 0 Å². The monoisotopic (exact) mass is 260 g/mol. The standard InChI is InChI=1S/C17H24O2/c1-14-5-7-15(8-6-14)9-12-17(13-16(18)19)10-3-2-4-11-17/h5-8H,2-4,9-13H2,1H3,(H,18,19). The van der Waals surface area contributed by atoms with Gasteiger partial charge < -0.3 is 5.11 Å². The van der Waals surface area contributed by atoms with E-state index in [-0.39, 0.29) is 5.41 Å². The summed E-state index contributed by atoms with van der Waals surface area (Å²) in [5.41, 5.74) is 2.66. The van der Waals surface area contributed by atoms with Gasteiger partial charge in [0, 0.05) is 0 Å². The molecule has 1 aliphatic carbocycles. The largest absolute Gasteiger partial charge is 0.481 e. The highest BCUT2D eigenvalue weighted by molar-refractivity contribution is 5.67. The van der Waals surface area contributed by atoms with Crippen LogP contribution in [-0.2, 0) is 11.2 Å². The number of carbonyl (C=O) groups is 1. The van der Waals surface area contributed by atoms with Crippen LogP contribution in [0, 0.1) is 12.3 Å². The Balaban J connectivity index is 1.99. The van der Waals surface area contributed by atoms with Crippen LogP contribution in [0.3, 0.4) is 0 Å². The number of benzene rings is 1. The van der Waals surface area contributed by atoms with E-state index in [0.717, 1.165) is 25.7 Å². The number of hydrogen-bond donors (Lipinski definition) is 1. The summed E-state index contributed by atoms with van der Waals surface area (Å²) in [6, 6.07) is 8.62. The average molecular weight is 260 g/mol. The normalized spacial score (nSPS) is 18.2. The van der Waals surface area contributed by atoms with Gasteiger partial charge in [0.1, 0.15) is 0 Å². The molecule has 1 saturated carbocycles. The molecule has 0 spiro atoms. The number of rotatable bonds is 5. The fourth-order valence-electron chi connectivity index (χ4n) is 3.30. The molecule has 104 valence electrons. The Bertz CT molecular complexity index is 413. The molecule has 0 amide bonds. The predicted molar refractivity (Wildman–Crippen MR) is 77.3 cm³/mol. The van der Waals surface area contributed by atoms with Gasteiger partial charge >= 0.3 is 5.97 Å². The highest BCUT2D eigenvalue weighted by Gasteiger charge is 2.33. The Hall–Kier alpha value is -1.31. The van der Waals surface area contributed by atoms with Gasteiger partial charge in [0.2, 0.25) is 0 Å². The van der Waals surface area contributed by atoms with Gasteiger partial charge in [-0.15, -0.1) is 0 Å². The summed E-state index contributed by atoms with van der Waals surface area (Å²) in [6.45, 7) is 2.09. The van der Waals surface area contributed by atoms with Gasteiger partial charge in [-0.25, -0.2) is 0 Å². The molecule has 1 fully saturated rings. The highest BCUT2D eigenvalue weighted by Crippen LogP contribution is 2.43. The summed E-state index contributed by atoms with van der Waals surface area (Å²) in [5.74, 6) is -0.634. The van der Waals surface area contributed by atoms with Crippen molar-refractivity contribution in [3.8, 4) is 0 Å². The van der Waals surface area contributed by atoms with Gasteiger partial charge in [-0.3, -0.25) is 4.79 Å². The molecule has 1 aromatic rings. The van der Waals surface area contributed by atoms with E-state index in [1.165, 1.54) is 30.4 Å². The maximum atomic E-state index is 11.1. The van der Waals surface area contributed by atoms with Crippen LogP contribution in [-0.4, -0.2) is 11.1 Å². The van der Waals surface area contributed by atoms with Crippen molar-refractivity contribution < 1.29 is 9.90 Å². The smallest absolute Gasteiger partial charge is 0.303 e. The zero-order valence-electron chi connectivity index (χ0n) is 11.8. The van der Waals surface area contributed by atoms with Crippen LogP contribution < -0.4 is 0 Å². The van der Waals surface area contributed by atoms with Crippen molar-refractivity contribution >= 4 is 5.97 Å². The van der Waals surface area contributed by atoms with Crippen molar-refractivity contribution in [2.75, 3.05) is 0 Å². The zero-order valence-corrected chi connectivity index (χ0v) is 11.8. The number of hydrogen-bond acceptors (Lipinski definition) is 1. The van der Waals surface area contributed by atoms with E-state index < -0.39 is 5.97 Å². The Morgan fingerprint density at radius 1 is 1.16 bits per heavy atom. The van der Waals surface area contributed by atoms with Crippen LogP contribution in [0.1, 0.15) is 56.1 Å². The number of carboxylic acids is 1. The lowest BCUT2D eigenvalue weighted by Crippen LogP contribution is -2.28. The molecule has 0 aliphatic heterocycles. The lowest BCUT2D eigenvalue weighted by molar-refractivity contribution is -0.140. The van der Waals surface area contributed by atoms with Crippen molar-refractivity contribution in [2.45, 2.75) is 58.3 Å². The van der Waals surface area contributed by atoms with Crippen molar-refractivity contribution in [2.24, 2.45) is 5.41 Å². The molecule has 0 saturated heterocycles.